The topological polar surface area (TPSA) is 54.3 Å². The summed E-state index contributed by atoms with van der Waals surface area (Å²) >= 11 is 0. The van der Waals surface area contributed by atoms with Crippen LogP contribution in [0.4, 0.5) is 0 Å². The first-order valence-corrected chi connectivity index (χ1v) is 8.84. The summed E-state index contributed by atoms with van der Waals surface area (Å²) in [6.07, 6.45) is 4.37. The number of hydrogen-bond donors (Lipinski definition) is 0. The Labute approximate surface area is 143 Å². The van der Waals surface area contributed by atoms with E-state index in [2.05, 4.69) is 37.0 Å². The molecule has 6 heteroatoms. The first-order chi connectivity index (χ1) is 11.6. The lowest BCUT2D eigenvalue weighted by molar-refractivity contribution is -0.130. The average molecular weight is 329 g/mol. The number of carbonyl (C=O) groups is 1. The summed E-state index contributed by atoms with van der Waals surface area (Å²) in [7, 11) is 4.13. The second-order valence-electron chi connectivity index (χ2n) is 6.86. The minimum atomic E-state index is 0.273. The molecule has 3 rings (SSSR count). The van der Waals surface area contributed by atoms with Gasteiger partial charge in [-0.2, -0.15) is 5.10 Å². The van der Waals surface area contributed by atoms with Crippen molar-refractivity contribution in [3.63, 3.8) is 0 Å². The summed E-state index contributed by atoms with van der Waals surface area (Å²) in [5, 5.41) is 6.00. The summed E-state index contributed by atoms with van der Waals surface area (Å²) in [6, 6.07) is 4.08. The molecule has 0 radical (unpaired) electrons. The monoisotopic (exact) mass is 329 g/mol. The van der Waals surface area contributed by atoms with Crippen LogP contribution in [0.15, 0.2) is 18.3 Å². The molecule has 1 saturated heterocycles. The summed E-state index contributed by atoms with van der Waals surface area (Å²) < 4.78 is 2.02. The molecule has 0 N–H and O–H groups in total. The molecule has 1 amide bonds. The normalized spacial score (nSPS) is 18.0. The quantitative estimate of drug-likeness (QED) is 0.814. The lowest BCUT2D eigenvalue weighted by Gasteiger charge is -2.15. The first kappa shape index (κ1) is 16.9. The van der Waals surface area contributed by atoms with Crippen LogP contribution in [0.5, 0.6) is 0 Å². The highest BCUT2D eigenvalue weighted by atomic mass is 16.2. The Morgan fingerprint density at radius 1 is 1.42 bits per heavy atom. The van der Waals surface area contributed by atoms with Crippen LogP contribution in [-0.2, 0) is 11.3 Å². The second-order valence-corrected chi connectivity index (χ2v) is 6.86. The van der Waals surface area contributed by atoms with Crippen molar-refractivity contribution < 1.29 is 4.79 Å². The zero-order chi connectivity index (χ0) is 17.1. The lowest BCUT2D eigenvalue weighted by Crippen LogP contribution is -2.28. The van der Waals surface area contributed by atoms with Gasteiger partial charge < -0.3 is 9.80 Å². The SMILES string of the molecule is CCCC(=O)N1CC[C@H](c2nn(CCN(C)C)c3ncccc23)C1. The summed E-state index contributed by atoms with van der Waals surface area (Å²) in [5.74, 6) is 0.590. The Morgan fingerprint density at radius 3 is 3.00 bits per heavy atom. The van der Waals surface area contributed by atoms with Crippen molar-refractivity contribution in [1.82, 2.24) is 24.6 Å². The fraction of sp³-hybridized carbons (Fsp3) is 0.611. The summed E-state index contributed by atoms with van der Waals surface area (Å²) in [4.78, 5) is 20.8. The Hall–Kier alpha value is -1.95. The first-order valence-electron chi connectivity index (χ1n) is 8.84. The third kappa shape index (κ3) is 3.43. The van der Waals surface area contributed by atoms with E-state index in [4.69, 9.17) is 5.10 Å². The standard InChI is InChI=1S/C18H27N5O/c1-4-6-16(24)22-10-8-14(13-22)17-15-7-5-9-19-18(15)23(20-17)12-11-21(2)3/h5,7,9,14H,4,6,8,10-13H2,1-3H3/t14-/m0/s1. The van der Waals surface area contributed by atoms with Gasteiger partial charge in [-0.3, -0.25) is 4.79 Å². The van der Waals surface area contributed by atoms with Gasteiger partial charge in [0.25, 0.3) is 0 Å². The Kier molecular flexibility index (Phi) is 5.14. The predicted octanol–water partition coefficient (Wildman–Crippen LogP) is 2.11. The molecular weight excluding hydrogens is 302 g/mol. The van der Waals surface area contributed by atoms with E-state index in [0.29, 0.717) is 12.3 Å². The molecule has 0 aliphatic carbocycles. The molecular formula is C18H27N5O. The molecule has 1 atom stereocenters. The number of amides is 1. The maximum Gasteiger partial charge on any atom is 0.222 e. The highest BCUT2D eigenvalue weighted by Gasteiger charge is 2.30. The van der Waals surface area contributed by atoms with E-state index in [9.17, 15) is 4.79 Å². The van der Waals surface area contributed by atoms with E-state index >= 15 is 0 Å². The van der Waals surface area contributed by atoms with Crippen LogP contribution in [0.3, 0.4) is 0 Å². The van der Waals surface area contributed by atoms with E-state index in [0.717, 1.165) is 55.7 Å². The van der Waals surface area contributed by atoms with Crippen LogP contribution in [0, 0.1) is 0 Å². The zero-order valence-electron chi connectivity index (χ0n) is 14.9. The van der Waals surface area contributed by atoms with Gasteiger partial charge in [-0.15, -0.1) is 0 Å². The molecule has 1 aliphatic heterocycles. The fourth-order valence-corrected chi connectivity index (χ4v) is 3.37. The molecule has 3 heterocycles. The molecule has 0 unspecified atom stereocenters. The Bertz CT molecular complexity index is 708. The number of nitrogens with zero attached hydrogens (tertiary/aromatic N) is 5. The van der Waals surface area contributed by atoms with Gasteiger partial charge in [0, 0.05) is 43.6 Å². The minimum Gasteiger partial charge on any atom is -0.342 e. The van der Waals surface area contributed by atoms with Gasteiger partial charge >= 0.3 is 0 Å². The molecule has 2 aromatic heterocycles. The number of aromatic nitrogens is 3. The molecule has 2 aromatic rings. The van der Waals surface area contributed by atoms with Gasteiger partial charge in [0.05, 0.1) is 12.2 Å². The van der Waals surface area contributed by atoms with Crippen LogP contribution in [-0.4, -0.2) is 64.2 Å². The third-order valence-electron chi connectivity index (χ3n) is 4.69. The number of pyridine rings is 1. The van der Waals surface area contributed by atoms with Gasteiger partial charge in [0.15, 0.2) is 5.65 Å². The second kappa shape index (κ2) is 7.30. The van der Waals surface area contributed by atoms with Crippen molar-refractivity contribution in [1.29, 1.82) is 0 Å². The van der Waals surface area contributed by atoms with E-state index in [1.807, 2.05) is 21.8 Å². The van der Waals surface area contributed by atoms with E-state index in [1.165, 1.54) is 0 Å². The highest BCUT2D eigenvalue weighted by molar-refractivity contribution is 5.80. The van der Waals surface area contributed by atoms with Crippen molar-refractivity contribution in [2.24, 2.45) is 0 Å². The summed E-state index contributed by atoms with van der Waals surface area (Å²) in [5.41, 5.74) is 2.05. The van der Waals surface area contributed by atoms with E-state index in [-0.39, 0.29) is 5.91 Å². The molecule has 1 aliphatic rings. The largest absolute Gasteiger partial charge is 0.342 e. The van der Waals surface area contributed by atoms with Crippen LogP contribution in [0.1, 0.15) is 37.8 Å². The number of hydrogen-bond acceptors (Lipinski definition) is 4. The van der Waals surface area contributed by atoms with Gasteiger partial charge in [0.1, 0.15) is 0 Å². The third-order valence-corrected chi connectivity index (χ3v) is 4.69. The molecule has 24 heavy (non-hydrogen) atoms. The van der Waals surface area contributed by atoms with Crippen molar-refractivity contribution in [3.8, 4) is 0 Å². The van der Waals surface area contributed by atoms with Crippen molar-refractivity contribution in [2.75, 3.05) is 33.7 Å². The van der Waals surface area contributed by atoms with Crippen LogP contribution in [0.25, 0.3) is 11.0 Å². The number of likely N-dealkylation sites (tertiary alicyclic amines) is 1. The van der Waals surface area contributed by atoms with Crippen LogP contribution >= 0.6 is 0 Å². The number of carbonyl (C=O) groups excluding carboxylic acids is 1. The molecule has 1 fully saturated rings. The number of likely N-dealkylation sites (N-methyl/N-ethyl adjacent to an activating group) is 1. The molecule has 0 saturated carbocycles. The van der Waals surface area contributed by atoms with Crippen molar-refractivity contribution >= 4 is 16.9 Å². The summed E-state index contributed by atoms with van der Waals surface area (Å²) in [6.45, 7) is 5.44. The number of fused-ring (bicyclic) bond motifs is 1. The maximum atomic E-state index is 12.2. The van der Waals surface area contributed by atoms with Crippen LogP contribution < -0.4 is 0 Å². The number of rotatable bonds is 6. The molecule has 0 bridgehead atoms. The fourth-order valence-electron chi connectivity index (χ4n) is 3.37. The highest BCUT2D eigenvalue weighted by Crippen LogP contribution is 2.31. The van der Waals surface area contributed by atoms with Gasteiger partial charge in [-0.1, -0.05) is 6.92 Å². The smallest absolute Gasteiger partial charge is 0.222 e. The molecule has 130 valence electrons. The zero-order valence-corrected chi connectivity index (χ0v) is 14.9. The molecule has 0 aromatic carbocycles. The van der Waals surface area contributed by atoms with Gasteiger partial charge in [-0.05, 0) is 39.1 Å². The Morgan fingerprint density at radius 2 is 2.25 bits per heavy atom. The predicted molar refractivity (Wildman–Crippen MR) is 94.9 cm³/mol. The van der Waals surface area contributed by atoms with Crippen molar-refractivity contribution in [3.05, 3.63) is 24.0 Å². The Balaban J connectivity index is 1.83. The van der Waals surface area contributed by atoms with Crippen molar-refractivity contribution in [2.45, 2.75) is 38.6 Å². The van der Waals surface area contributed by atoms with Gasteiger partial charge in [0.2, 0.25) is 5.91 Å². The van der Waals surface area contributed by atoms with Gasteiger partial charge in [-0.25, -0.2) is 9.67 Å². The van der Waals surface area contributed by atoms with Crippen LogP contribution in [0.2, 0.25) is 0 Å². The molecule has 0 spiro atoms. The lowest BCUT2D eigenvalue weighted by atomic mass is 10.0. The molecule has 6 nitrogen and oxygen atoms in total. The average Bonchev–Trinajstić information content (AvgIpc) is 3.18. The minimum absolute atomic E-state index is 0.273. The van der Waals surface area contributed by atoms with E-state index < -0.39 is 0 Å². The maximum absolute atomic E-state index is 12.2. The van der Waals surface area contributed by atoms with E-state index in [1.54, 1.807) is 0 Å².